The molecular formula is C21H22O7. The molecule has 3 N–H and O–H groups in total. The number of cyclic esters (lactones) is 1. The molecule has 0 spiro atoms. The lowest BCUT2D eigenvalue weighted by molar-refractivity contribution is 0.0385. The predicted molar refractivity (Wildman–Crippen MR) is 101 cm³/mol. The zero-order chi connectivity index (χ0) is 20.6. The number of ether oxygens (including phenoxy) is 3. The minimum Gasteiger partial charge on any atom is -0.504 e. The summed E-state index contributed by atoms with van der Waals surface area (Å²) in [5, 5.41) is 30.9. The van der Waals surface area contributed by atoms with Crippen molar-refractivity contribution in [2.45, 2.75) is 32.7 Å². The second-order valence-corrected chi connectivity index (χ2v) is 6.75. The van der Waals surface area contributed by atoms with Crippen LogP contribution in [0.3, 0.4) is 0 Å². The van der Waals surface area contributed by atoms with Crippen LogP contribution >= 0.6 is 0 Å². The van der Waals surface area contributed by atoms with Gasteiger partial charge in [-0.05, 0) is 49.2 Å². The van der Waals surface area contributed by atoms with E-state index < -0.39 is 18.2 Å². The van der Waals surface area contributed by atoms with E-state index in [4.69, 9.17) is 14.2 Å². The number of fused-ring (bicyclic) bond motifs is 2. The van der Waals surface area contributed by atoms with Gasteiger partial charge in [-0.15, -0.1) is 0 Å². The highest BCUT2D eigenvalue weighted by atomic mass is 16.5. The second-order valence-electron chi connectivity index (χ2n) is 6.75. The van der Waals surface area contributed by atoms with Crippen LogP contribution < -0.4 is 9.47 Å². The highest BCUT2D eigenvalue weighted by Gasteiger charge is 2.31. The highest BCUT2D eigenvalue weighted by molar-refractivity contribution is 5.96. The number of methoxy groups -OCH3 is 1. The Morgan fingerprint density at radius 2 is 2.00 bits per heavy atom. The van der Waals surface area contributed by atoms with Crippen LogP contribution in [0.4, 0.5) is 0 Å². The van der Waals surface area contributed by atoms with Crippen molar-refractivity contribution < 1.29 is 34.3 Å². The Labute approximate surface area is 162 Å². The molecule has 0 aromatic heterocycles. The molecule has 0 aliphatic carbocycles. The molecule has 0 saturated carbocycles. The van der Waals surface area contributed by atoms with Crippen molar-refractivity contribution in [2.75, 3.05) is 7.11 Å². The molecular weight excluding hydrogens is 364 g/mol. The SMILES string of the molecule is C=C(C)C(O)C(O)c1ccc2c(c1OC)C(=O)OCc1cc(C)cc(O)c1O2. The molecule has 148 valence electrons. The number of phenols is 1. The van der Waals surface area contributed by atoms with E-state index in [1.165, 1.54) is 19.2 Å². The summed E-state index contributed by atoms with van der Waals surface area (Å²) in [6.45, 7) is 6.91. The van der Waals surface area contributed by atoms with Crippen molar-refractivity contribution >= 4 is 5.97 Å². The highest BCUT2D eigenvalue weighted by Crippen LogP contribution is 2.44. The molecule has 1 heterocycles. The maximum Gasteiger partial charge on any atom is 0.346 e. The summed E-state index contributed by atoms with van der Waals surface area (Å²) in [4.78, 5) is 12.7. The summed E-state index contributed by atoms with van der Waals surface area (Å²) in [5.41, 5.74) is 1.82. The average molecular weight is 386 g/mol. The Bertz CT molecular complexity index is 948. The Hall–Kier alpha value is -3.03. The number of hydrogen-bond donors (Lipinski definition) is 3. The summed E-state index contributed by atoms with van der Waals surface area (Å²) < 4.78 is 16.5. The van der Waals surface area contributed by atoms with Crippen LogP contribution in [0.2, 0.25) is 0 Å². The van der Waals surface area contributed by atoms with E-state index in [1.807, 2.05) is 0 Å². The maximum absolute atomic E-state index is 12.7. The number of aliphatic hydroxyl groups is 2. The molecule has 2 aromatic carbocycles. The van der Waals surface area contributed by atoms with E-state index in [9.17, 15) is 20.1 Å². The molecule has 0 fully saturated rings. The van der Waals surface area contributed by atoms with Gasteiger partial charge in [-0.2, -0.15) is 0 Å². The third kappa shape index (κ3) is 3.42. The van der Waals surface area contributed by atoms with E-state index in [1.54, 1.807) is 26.0 Å². The van der Waals surface area contributed by atoms with E-state index in [-0.39, 0.29) is 40.7 Å². The first-order valence-electron chi connectivity index (χ1n) is 8.64. The van der Waals surface area contributed by atoms with Crippen LogP contribution in [0.25, 0.3) is 0 Å². The van der Waals surface area contributed by atoms with Crippen molar-refractivity contribution in [2.24, 2.45) is 0 Å². The molecule has 3 rings (SSSR count). The summed E-state index contributed by atoms with van der Waals surface area (Å²) in [6, 6.07) is 6.23. The fourth-order valence-corrected chi connectivity index (χ4v) is 3.13. The molecule has 0 radical (unpaired) electrons. The molecule has 1 aliphatic heterocycles. The van der Waals surface area contributed by atoms with Gasteiger partial charge in [0.05, 0.1) is 7.11 Å². The number of aryl methyl sites for hydroxylation is 1. The van der Waals surface area contributed by atoms with Gasteiger partial charge in [-0.25, -0.2) is 4.79 Å². The van der Waals surface area contributed by atoms with Gasteiger partial charge < -0.3 is 29.5 Å². The Morgan fingerprint density at radius 1 is 1.29 bits per heavy atom. The van der Waals surface area contributed by atoms with E-state index >= 15 is 0 Å². The van der Waals surface area contributed by atoms with Gasteiger partial charge in [0.1, 0.15) is 35.9 Å². The zero-order valence-corrected chi connectivity index (χ0v) is 15.9. The number of hydrogen-bond acceptors (Lipinski definition) is 7. The standard InChI is InChI=1S/C21H22O7/c1-10(2)17(23)18(24)13-5-6-15-16(20(13)26-4)21(25)27-9-12-7-11(3)8-14(22)19(12)28-15/h5-8,17-18,22-24H,1,9H2,2-4H3. The van der Waals surface area contributed by atoms with Crippen molar-refractivity contribution in [1.82, 2.24) is 0 Å². The Morgan fingerprint density at radius 3 is 2.64 bits per heavy atom. The number of rotatable bonds is 4. The van der Waals surface area contributed by atoms with E-state index in [2.05, 4.69) is 6.58 Å². The second kappa shape index (κ2) is 7.53. The van der Waals surface area contributed by atoms with Gasteiger partial charge in [0.25, 0.3) is 0 Å². The predicted octanol–water partition coefficient (Wildman–Crippen LogP) is 3.14. The number of phenolic OH excluding ortho intramolecular Hbond substituents is 1. The van der Waals surface area contributed by atoms with Gasteiger partial charge in [0, 0.05) is 11.1 Å². The van der Waals surface area contributed by atoms with E-state index in [0.717, 1.165) is 5.56 Å². The fraction of sp³-hybridized carbons (Fsp3) is 0.286. The molecule has 7 heteroatoms. The first-order chi connectivity index (χ1) is 13.2. The molecule has 0 amide bonds. The van der Waals surface area contributed by atoms with Crippen molar-refractivity contribution in [3.05, 3.63) is 58.7 Å². The molecule has 2 atom stereocenters. The summed E-state index contributed by atoms with van der Waals surface area (Å²) in [7, 11) is 1.33. The quantitative estimate of drug-likeness (QED) is 0.547. The lowest BCUT2D eigenvalue weighted by Gasteiger charge is -2.25. The minimum atomic E-state index is -1.36. The largest absolute Gasteiger partial charge is 0.504 e. The maximum atomic E-state index is 12.7. The monoisotopic (exact) mass is 386 g/mol. The first-order valence-corrected chi connectivity index (χ1v) is 8.64. The van der Waals surface area contributed by atoms with Crippen LogP contribution in [-0.4, -0.2) is 34.5 Å². The number of carbonyl (C=O) groups is 1. The number of aliphatic hydroxyl groups excluding tert-OH is 2. The van der Waals surface area contributed by atoms with Crippen molar-refractivity contribution in [1.29, 1.82) is 0 Å². The van der Waals surface area contributed by atoms with Crippen LogP contribution in [-0.2, 0) is 11.3 Å². The third-order valence-corrected chi connectivity index (χ3v) is 4.54. The van der Waals surface area contributed by atoms with Crippen molar-refractivity contribution in [3.8, 4) is 23.0 Å². The number of benzene rings is 2. The van der Waals surface area contributed by atoms with Gasteiger partial charge in [-0.1, -0.05) is 6.58 Å². The Kier molecular flexibility index (Phi) is 5.31. The molecule has 0 saturated heterocycles. The van der Waals surface area contributed by atoms with Crippen LogP contribution in [0.5, 0.6) is 23.0 Å². The van der Waals surface area contributed by atoms with Gasteiger partial charge in [0.2, 0.25) is 0 Å². The van der Waals surface area contributed by atoms with Gasteiger partial charge >= 0.3 is 5.97 Å². The van der Waals surface area contributed by atoms with Crippen LogP contribution in [0.1, 0.15) is 40.1 Å². The van der Waals surface area contributed by atoms with Gasteiger partial charge in [0.15, 0.2) is 11.5 Å². The Balaban J connectivity index is 2.16. The smallest absolute Gasteiger partial charge is 0.346 e. The molecule has 2 unspecified atom stereocenters. The summed E-state index contributed by atoms with van der Waals surface area (Å²) in [6.07, 6.45) is -2.61. The first kappa shape index (κ1) is 19.7. The fourth-order valence-electron chi connectivity index (χ4n) is 3.13. The molecule has 1 aliphatic rings. The molecule has 28 heavy (non-hydrogen) atoms. The zero-order valence-electron chi connectivity index (χ0n) is 15.9. The van der Waals surface area contributed by atoms with E-state index in [0.29, 0.717) is 11.1 Å². The lowest BCUT2D eigenvalue weighted by atomic mass is 9.96. The summed E-state index contributed by atoms with van der Waals surface area (Å²) >= 11 is 0. The molecule has 0 bridgehead atoms. The lowest BCUT2D eigenvalue weighted by Crippen LogP contribution is -2.21. The number of esters is 1. The van der Waals surface area contributed by atoms with Gasteiger partial charge in [-0.3, -0.25) is 0 Å². The minimum absolute atomic E-state index is 0.0188. The molecule has 7 nitrogen and oxygen atoms in total. The normalized spacial score (nSPS) is 15.1. The van der Waals surface area contributed by atoms with Crippen LogP contribution in [0.15, 0.2) is 36.4 Å². The number of aromatic hydroxyl groups is 1. The molecule has 2 aromatic rings. The van der Waals surface area contributed by atoms with Crippen molar-refractivity contribution in [3.63, 3.8) is 0 Å². The average Bonchev–Trinajstić information content (AvgIpc) is 2.65. The van der Waals surface area contributed by atoms with Crippen LogP contribution in [0, 0.1) is 6.92 Å². The number of carbonyl (C=O) groups excluding carboxylic acids is 1. The summed E-state index contributed by atoms with van der Waals surface area (Å²) in [5.74, 6) is -0.498. The topological polar surface area (TPSA) is 105 Å². The third-order valence-electron chi connectivity index (χ3n) is 4.54.